The average molecular weight is 925 g/mol. The molecule has 1 aliphatic rings. The summed E-state index contributed by atoms with van der Waals surface area (Å²) in [5.41, 5.74) is 0. The van der Waals surface area contributed by atoms with Gasteiger partial charge in [-0.3, -0.25) is 18.7 Å². The van der Waals surface area contributed by atoms with Crippen molar-refractivity contribution in [3.8, 4) is 0 Å². The van der Waals surface area contributed by atoms with Crippen LogP contribution in [0.2, 0.25) is 0 Å². The first-order valence-corrected chi connectivity index (χ1v) is 25.5. The van der Waals surface area contributed by atoms with Crippen molar-refractivity contribution in [2.75, 3.05) is 13.2 Å². The zero-order valence-electron chi connectivity index (χ0n) is 37.9. The second-order valence-corrected chi connectivity index (χ2v) is 18.6. The number of ether oxygens (including phenoxy) is 2. The highest BCUT2D eigenvalue weighted by molar-refractivity contribution is 7.46. The van der Waals surface area contributed by atoms with Crippen LogP contribution in [-0.2, 0) is 41.8 Å². The molecule has 61 heavy (non-hydrogen) atoms. The standard InChI is InChI=1S/C41H80O16P2.2H3N/c1-3-5-7-9-11-13-15-17-19-21-23-25-27-29-34(42)53-31-33(55-35(43)30-28-26-24-22-20-18-16-14-12-10-8-6-4-2)32-54-59(51,52)57-41-38(46)36(44)37(45)40(39(41)47)56-58(48,49)50;;/h33,36-41,44-47H,3-32H2,1-2H3,(H,51,52)(H2,48,49,50);2*1H3/t33-,36+,37+,38-,39-,40-,41+;;/m1../s1. The normalized spacial score (nSPS) is 22.6. The zero-order valence-corrected chi connectivity index (χ0v) is 39.7. The monoisotopic (exact) mass is 925 g/mol. The van der Waals surface area contributed by atoms with Crippen LogP contribution in [0.5, 0.6) is 0 Å². The molecule has 0 aromatic carbocycles. The van der Waals surface area contributed by atoms with E-state index in [0.717, 1.165) is 51.4 Å². The molecule has 2 unspecified atom stereocenters. The Kier molecular flexibility index (Phi) is 37.8. The molecule has 18 nitrogen and oxygen atoms in total. The highest BCUT2D eigenvalue weighted by atomic mass is 31.2. The van der Waals surface area contributed by atoms with Crippen LogP contribution in [0, 0.1) is 0 Å². The largest absolute Gasteiger partial charge is 0.756 e. The SMILES string of the molecule is CCCCCCCCCCCCCCCC(=O)OC[C@H](COP(=O)([O-])O[C@@H]1[C@H](O)[C@H](OP(=O)([O-])O)[C@@H](O)[C@H](O)[C@H]1O)OC(=O)CCCCCCCCCCCCCCC.[NH4+].[NH4+]. The number of hydrogen-bond acceptors (Lipinski definition) is 15. The van der Waals surface area contributed by atoms with Crippen molar-refractivity contribution in [1.29, 1.82) is 0 Å². The third-order valence-electron chi connectivity index (χ3n) is 10.7. The highest BCUT2D eigenvalue weighted by Gasteiger charge is 2.52. The van der Waals surface area contributed by atoms with Crippen molar-refractivity contribution in [2.24, 2.45) is 0 Å². The van der Waals surface area contributed by atoms with E-state index >= 15 is 0 Å². The molecule has 20 heteroatoms. The number of hydrogen-bond donors (Lipinski definition) is 7. The fraction of sp³-hybridized carbons (Fsp3) is 0.951. The van der Waals surface area contributed by atoms with E-state index in [1.54, 1.807) is 0 Å². The molecule has 0 saturated heterocycles. The molecule has 366 valence electrons. The predicted molar refractivity (Wildman–Crippen MR) is 231 cm³/mol. The Labute approximate surface area is 365 Å². The molecule has 0 heterocycles. The minimum atomic E-state index is -5.62. The van der Waals surface area contributed by atoms with E-state index in [4.69, 9.17) is 23.4 Å². The topological polar surface area (TPSA) is 335 Å². The van der Waals surface area contributed by atoms with Crippen LogP contribution >= 0.6 is 15.6 Å². The average Bonchev–Trinajstić information content (AvgIpc) is 3.18. The number of carbonyl (C=O) groups excluding carboxylic acids is 2. The maximum absolute atomic E-state index is 12.8. The van der Waals surface area contributed by atoms with Crippen molar-refractivity contribution < 1.29 is 76.9 Å². The number of phosphoric ester groups is 2. The minimum Gasteiger partial charge on any atom is -0.756 e. The molecular weight excluding hydrogens is 838 g/mol. The van der Waals surface area contributed by atoms with Crippen molar-refractivity contribution >= 4 is 27.6 Å². The van der Waals surface area contributed by atoms with Crippen LogP contribution in [0.25, 0.3) is 0 Å². The second-order valence-electron chi connectivity index (χ2n) is 16.1. The van der Waals surface area contributed by atoms with Crippen LogP contribution in [-0.4, -0.2) is 93.2 Å². The van der Waals surface area contributed by atoms with Crippen LogP contribution < -0.4 is 22.1 Å². The fourth-order valence-corrected chi connectivity index (χ4v) is 8.65. The number of carbonyl (C=O) groups is 2. The minimum absolute atomic E-state index is 0. The zero-order chi connectivity index (χ0) is 43.9. The van der Waals surface area contributed by atoms with E-state index in [2.05, 4.69) is 18.4 Å². The lowest BCUT2D eigenvalue weighted by Crippen LogP contribution is -2.64. The first-order chi connectivity index (χ1) is 28.1. The maximum Gasteiger partial charge on any atom is 0.306 e. The second kappa shape index (κ2) is 37.2. The van der Waals surface area contributed by atoms with Crippen molar-refractivity contribution in [2.45, 2.75) is 236 Å². The van der Waals surface area contributed by atoms with Crippen molar-refractivity contribution in [1.82, 2.24) is 12.3 Å². The first-order valence-electron chi connectivity index (χ1n) is 22.5. The summed E-state index contributed by atoms with van der Waals surface area (Å²) in [4.78, 5) is 58.4. The number of unbranched alkanes of at least 4 members (excludes halogenated alkanes) is 24. The van der Waals surface area contributed by atoms with Gasteiger partial charge in [0.1, 0.15) is 43.2 Å². The molecule has 0 aliphatic heterocycles. The quantitative estimate of drug-likeness (QED) is 0.0181. The number of rotatable bonds is 38. The summed E-state index contributed by atoms with van der Waals surface area (Å²) in [6.45, 7) is 2.99. The van der Waals surface area contributed by atoms with Gasteiger partial charge in [0.2, 0.25) is 0 Å². The van der Waals surface area contributed by atoms with Gasteiger partial charge in [-0.15, -0.1) is 0 Å². The van der Waals surface area contributed by atoms with E-state index in [-0.39, 0.29) is 25.1 Å². The van der Waals surface area contributed by atoms with E-state index in [0.29, 0.717) is 12.8 Å². The molecule has 13 N–H and O–H groups in total. The number of aliphatic hydroxyl groups is 4. The number of quaternary nitrogens is 2. The van der Waals surface area contributed by atoms with E-state index in [9.17, 15) is 48.9 Å². The number of aliphatic hydroxyl groups excluding tert-OH is 4. The van der Waals surface area contributed by atoms with Gasteiger partial charge in [0.05, 0.1) is 6.61 Å². The van der Waals surface area contributed by atoms with Gasteiger partial charge in [-0.25, -0.2) is 0 Å². The lowest BCUT2D eigenvalue weighted by atomic mass is 9.85. The lowest BCUT2D eigenvalue weighted by molar-refractivity contribution is -0.271. The van der Waals surface area contributed by atoms with Crippen LogP contribution in [0.4, 0.5) is 0 Å². The summed E-state index contributed by atoms with van der Waals surface area (Å²) < 4.78 is 48.6. The Morgan fingerprint density at radius 2 is 0.852 bits per heavy atom. The maximum atomic E-state index is 12.8. The predicted octanol–water partition coefficient (Wildman–Crippen LogP) is 7.33. The molecule has 1 fully saturated rings. The summed E-state index contributed by atoms with van der Waals surface area (Å²) in [7, 11) is -11.2. The summed E-state index contributed by atoms with van der Waals surface area (Å²) in [5.74, 6) is -1.24. The van der Waals surface area contributed by atoms with Gasteiger partial charge in [0, 0.05) is 12.8 Å². The third kappa shape index (κ3) is 31.4. The van der Waals surface area contributed by atoms with Gasteiger partial charge in [0.15, 0.2) is 6.10 Å². The third-order valence-corrected chi connectivity index (χ3v) is 12.1. The molecule has 9 atom stereocenters. The molecule has 0 aromatic rings. The fourth-order valence-electron chi connectivity index (χ4n) is 7.13. The van der Waals surface area contributed by atoms with Gasteiger partial charge in [-0.1, -0.05) is 168 Å². The molecule has 0 amide bonds. The molecular formula is C41H86N2O16P2. The van der Waals surface area contributed by atoms with E-state index < -0.39 is 83.5 Å². The molecule has 0 radical (unpaired) electrons. The summed E-state index contributed by atoms with van der Waals surface area (Å²) in [6.07, 6.45) is 14.3. The summed E-state index contributed by atoms with van der Waals surface area (Å²) in [6, 6.07) is 0. The van der Waals surface area contributed by atoms with Gasteiger partial charge in [0.25, 0.3) is 15.6 Å². The Hall–Kier alpha value is -1.08. The molecule has 0 bridgehead atoms. The Balaban J connectivity index is 0. The first kappa shape index (κ1) is 62.0. The lowest BCUT2D eigenvalue weighted by Gasteiger charge is -2.45. The Bertz CT molecular complexity index is 1180. The number of esters is 2. The van der Waals surface area contributed by atoms with Gasteiger partial charge < -0.3 is 70.5 Å². The molecule has 1 saturated carbocycles. The Morgan fingerprint density at radius 1 is 0.508 bits per heavy atom. The van der Waals surface area contributed by atoms with Crippen LogP contribution in [0.15, 0.2) is 0 Å². The van der Waals surface area contributed by atoms with Gasteiger partial charge >= 0.3 is 11.9 Å². The highest BCUT2D eigenvalue weighted by Crippen LogP contribution is 2.45. The molecule has 1 rings (SSSR count). The van der Waals surface area contributed by atoms with Crippen LogP contribution in [0.1, 0.15) is 194 Å². The number of phosphoric acid groups is 2. The van der Waals surface area contributed by atoms with E-state index in [1.807, 2.05) is 0 Å². The summed E-state index contributed by atoms with van der Waals surface area (Å²) in [5, 5.41) is 41.0. The van der Waals surface area contributed by atoms with E-state index in [1.165, 1.54) is 103 Å². The van der Waals surface area contributed by atoms with Crippen molar-refractivity contribution in [3.05, 3.63) is 0 Å². The molecule has 0 aromatic heterocycles. The molecule has 1 aliphatic carbocycles. The van der Waals surface area contributed by atoms with Crippen molar-refractivity contribution in [3.63, 3.8) is 0 Å². The summed E-state index contributed by atoms with van der Waals surface area (Å²) >= 11 is 0. The van der Waals surface area contributed by atoms with Gasteiger partial charge in [-0.05, 0) is 12.8 Å². The molecule has 0 spiro atoms. The van der Waals surface area contributed by atoms with Gasteiger partial charge in [-0.2, -0.15) is 0 Å². The Morgan fingerprint density at radius 3 is 1.23 bits per heavy atom. The van der Waals surface area contributed by atoms with Crippen LogP contribution in [0.3, 0.4) is 0 Å². The smallest absolute Gasteiger partial charge is 0.306 e.